The topological polar surface area (TPSA) is 96.3 Å². The minimum atomic E-state index is -1.77. The Balaban J connectivity index is 2.23. The molecule has 1 unspecified atom stereocenters. The lowest BCUT2D eigenvalue weighted by Crippen LogP contribution is -2.43. The number of fused-ring (bicyclic) bond motifs is 1. The number of nitrogens with zero attached hydrogens (tertiary/aromatic N) is 5. The van der Waals surface area contributed by atoms with Crippen molar-refractivity contribution in [1.29, 1.82) is 5.26 Å². The molecule has 0 aromatic carbocycles. The molecule has 1 aliphatic heterocycles. The molecule has 1 aliphatic rings. The van der Waals surface area contributed by atoms with E-state index in [4.69, 9.17) is 4.74 Å². The second-order valence-electron chi connectivity index (χ2n) is 5.96. The lowest BCUT2D eigenvalue weighted by molar-refractivity contribution is -0.238. The third-order valence-electron chi connectivity index (χ3n) is 4.94. The predicted molar refractivity (Wildman–Crippen MR) is 84.5 cm³/mol. The predicted octanol–water partition coefficient (Wildman–Crippen LogP) is 1.97. The second kappa shape index (κ2) is 5.44. The van der Waals surface area contributed by atoms with Gasteiger partial charge in [-0.05, 0) is 19.6 Å². The smallest absolute Gasteiger partial charge is 0.231 e. The van der Waals surface area contributed by atoms with Gasteiger partial charge < -0.3 is 9.84 Å². The summed E-state index contributed by atoms with van der Waals surface area (Å²) in [7, 11) is 0. The van der Waals surface area contributed by atoms with Crippen LogP contribution in [-0.4, -0.2) is 37.0 Å². The molecule has 0 amide bonds. The Morgan fingerprint density at radius 1 is 1.52 bits per heavy atom. The number of rotatable bonds is 3. The van der Waals surface area contributed by atoms with Crippen LogP contribution in [0.1, 0.15) is 32.9 Å². The molecule has 122 valence electrons. The van der Waals surface area contributed by atoms with Crippen molar-refractivity contribution in [2.45, 2.75) is 44.1 Å². The molecular formula is C15H19N5O2S. The van der Waals surface area contributed by atoms with Crippen molar-refractivity contribution in [3.05, 3.63) is 18.2 Å². The molecule has 0 bridgehead atoms. The first-order valence-corrected chi connectivity index (χ1v) is 8.70. The summed E-state index contributed by atoms with van der Waals surface area (Å²) >= 11 is 1.44. The molecule has 0 aliphatic carbocycles. The highest BCUT2D eigenvalue weighted by Crippen LogP contribution is 2.54. The number of thioether (sulfide) groups is 1. The Hall–Kier alpha value is -1.69. The highest BCUT2D eigenvalue weighted by Gasteiger charge is 2.63. The highest BCUT2D eigenvalue weighted by atomic mass is 32.2. The zero-order chi connectivity index (χ0) is 16.8. The van der Waals surface area contributed by atoms with Crippen LogP contribution < -0.4 is 0 Å². The monoisotopic (exact) mass is 333 g/mol. The third kappa shape index (κ3) is 2.00. The van der Waals surface area contributed by atoms with E-state index in [2.05, 4.69) is 21.1 Å². The molecule has 3 rings (SSSR count). The molecule has 8 heteroatoms. The van der Waals surface area contributed by atoms with Crippen molar-refractivity contribution in [2.24, 2.45) is 11.3 Å². The Morgan fingerprint density at radius 3 is 2.87 bits per heavy atom. The first kappa shape index (κ1) is 16.2. The van der Waals surface area contributed by atoms with Gasteiger partial charge in [0.25, 0.3) is 0 Å². The van der Waals surface area contributed by atoms with Crippen molar-refractivity contribution >= 4 is 17.4 Å². The molecule has 2 aromatic heterocycles. The SMILES string of the molecule is CC[C@H]1OC(O)(c2cnc3c(SC)ncnn23)[C@](C)(C#N)[C@@H]1C. The Kier molecular flexibility index (Phi) is 3.83. The minimum Gasteiger partial charge on any atom is -0.359 e. The van der Waals surface area contributed by atoms with Gasteiger partial charge >= 0.3 is 0 Å². The van der Waals surface area contributed by atoms with Crippen LogP contribution in [0.3, 0.4) is 0 Å². The number of ether oxygens (including phenoxy) is 1. The van der Waals surface area contributed by atoms with Gasteiger partial charge in [-0.1, -0.05) is 13.8 Å². The van der Waals surface area contributed by atoms with Crippen molar-refractivity contribution in [3.8, 4) is 6.07 Å². The molecule has 2 aromatic rings. The Labute approximate surface area is 138 Å². The maximum atomic E-state index is 11.3. The molecule has 0 radical (unpaired) electrons. The highest BCUT2D eigenvalue weighted by molar-refractivity contribution is 7.98. The van der Waals surface area contributed by atoms with E-state index in [9.17, 15) is 10.4 Å². The summed E-state index contributed by atoms with van der Waals surface area (Å²) in [5, 5.41) is 26.0. The zero-order valence-electron chi connectivity index (χ0n) is 13.5. The molecule has 3 heterocycles. The van der Waals surface area contributed by atoms with Crippen molar-refractivity contribution in [3.63, 3.8) is 0 Å². The van der Waals surface area contributed by atoms with Crippen LogP contribution in [0, 0.1) is 22.7 Å². The van der Waals surface area contributed by atoms with Crippen molar-refractivity contribution in [1.82, 2.24) is 19.6 Å². The van der Waals surface area contributed by atoms with E-state index in [1.54, 1.807) is 6.92 Å². The summed E-state index contributed by atoms with van der Waals surface area (Å²) in [6.45, 7) is 5.64. The molecule has 1 saturated heterocycles. The summed E-state index contributed by atoms with van der Waals surface area (Å²) in [4.78, 5) is 8.49. The minimum absolute atomic E-state index is 0.130. The third-order valence-corrected chi connectivity index (χ3v) is 5.62. The summed E-state index contributed by atoms with van der Waals surface area (Å²) in [6.07, 6.45) is 5.32. The van der Waals surface area contributed by atoms with Gasteiger partial charge in [0, 0.05) is 5.92 Å². The van der Waals surface area contributed by atoms with Crippen molar-refractivity contribution < 1.29 is 9.84 Å². The fourth-order valence-corrected chi connectivity index (χ4v) is 3.71. The molecule has 0 saturated carbocycles. The second-order valence-corrected chi connectivity index (χ2v) is 6.75. The summed E-state index contributed by atoms with van der Waals surface area (Å²) in [5.41, 5.74) is -0.203. The van der Waals surface area contributed by atoms with E-state index in [1.165, 1.54) is 28.8 Å². The van der Waals surface area contributed by atoms with Crippen molar-refractivity contribution in [2.75, 3.05) is 6.26 Å². The van der Waals surface area contributed by atoms with Crippen LogP contribution in [0.25, 0.3) is 5.65 Å². The van der Waals surface area contributed by atoms with Gasteiger partial charge in [-0.25, -0.2) is 14.5 Å². The normalized spacial score (nSPS) is 33.9. The van der Waals surface area contributed by atoms with Crippen LogP contribution in [0.5, 0.6) is 0 Å². The number of hydrogen-bond acceptors (Lipinski definition) is 7. The van der Waals surface area contributed by atoms with Crippen LogP contribution in [-0.2, 0) is 10.5 Å². The average molecular weight is 333 g/mol. The van der Waals surface area contributed by atoms with E-state index >= 15 is 0 Å². The first-order valence-electron chi connectivity index (χ1n) is 7.47. The summed E-state index contributed by atoms with van der Waals surface area (Å²) < 4.78 is 7.46. The molecule has 0 spiro atoms. The summed E-state index contributed by atoms with van der Waals surface area (Å²) in [6, 6.07) is 2.26. The average Bonchev–Trinajstić information content (AvgIpc) is 3.09. The van der Waals surface area contributed by atoms with Crippen LogP contribution in [0.15, 0.2) is 17.6 Å². The Morgan fingerprint density at radius 2 is 2.26 bits per heavy atom. The number of aliphatic hydroxyl groups is 1. The van der Waals surface area contributed by atoms with E-state index in [0.717, 1.165) is 0 Å². The van der Waals surface area contributed by atoms with Gasteiger partial charge in [0.2, 0.25) is 5.79 Å². The molecular weight excluding hydrogens is 314 g/mol. The standard InChI is InChI=1S/C15H19N5O2S/c1-5-10-9(2)14(3,7-16)15(21,22-10)11-6-17-12-13(23-4)18-8-19-20(11)12/h6,8-10,21H,5H2,1-4H3/t9-,10-,14-,15?/m1/s1. The van der Waals surface area contributed by atoms with Gasteiger partial charge in [-0.2, -0.15) is 10.4 Å². The van der Waals surface area contributed by atoms with E-state index < -0.39 is 11.2 Å². The first-order chi connectivity index (χ1) is 10.9. The Bertz CT molecular complexity index is 788. The maximum Gasteiger partial charge on any atom is 0.231 e. The number of imidazole rings is 1. The number of nitriles is 1. The largest absolute Gasteiger partial charge is 0.359 e. The van der Waals surface area contributed by atoms with Gasteiger partial charge in [0.05, 0.1) is 18.4 Å². The molecule has 23 heavy (non-hydrogen) atoms. The summed E-state index contributed by atoms with van der Waals surface area (Å²) in [5.74, 6) is -1.90. The lowest BCUT2D eigenvalue weighted by Gasteiger charge is -2.33. The van der Waals surface area contributed by atoms with E-state index in [-0.39, 0.29) is 12.0 Å². The fraction of sp³-hybridized carbons (Fsp3) is 0.600. The fourth-order valence-electron chi connectivity index (χ4n) is 3.24. The molecule has 4 atom stereocenters. The van der Waals surface area contributed by atoms with Gasteiger partial charge in [0.15, 0.2) is 5.65 Å². The van der Waals surface area contributed by atoms with Crippen LogP contribution >= 0.6 is 11.8 Å². The molecule has 1 N–H and O–H groups in total. The zero-order valence-corrected chi connectivity index (χ0v) is 14.3. The van der Waals surface area contributed by atoms with Gasteiger partial charge in [-0.3, -0.25) is 0 Å². The number of aromatic nitrogens is 4. The molecule has 1 fully saturated rings. The van der Waals surface area contributed by atoms with E-state index in [0.29, 0.717) is 22.8 Å². The lowest BCUT2D eigenvalue weighted by atomic mass is 9.72. The van der Waals surface area contributed by atoms with Crippen LogP contribution in [0.4, 0.5) is 0 Å². The van der Waals surface area contributed by atoms with Gasteiger partial charge in [0.1, 0.15) is 22.5 Å². The van der Waals surface area contributed by atoms with Crippen LogP contribution in [0.2, 0.25) is 0 Å². The quantitative estimate of drug-likeness (QED) is 0.858. The maximum absolute atomic E-state index is 11.3. The van der Waals surface area contributed by atoms with Gasteiger partial charge in [-0.15, -0.1) is 11.8 Å². The van der Waals surface area contributed by atoms with E-state index in [1.807, 2.05) is 20.1 Å². The number of hydrogen-bond donors (Lipinski definition) is 1. The molecule has 7 nitrogen and oxygen atoms in total.